The van der Waals surface area contributed by atoms with Crippen LogP contribution in [-0.4, -0.2) is 29.7 Å². The van der Waals surface area contributed by atoms with Crippen LogP contribution in [0.4, 0.5) is 4.39 Å². The molecule has 4 rings (SSSR count). The van der Waals surface area contributed by atoms with Gasteiger partial charge in [-0.05, 0) is 42.1 Å². The number of rotatable bonds is 5. The lowest BCUT2D eigenvalue weighted by atomic mass is 10.2. The van der Waals surface area contributed by atoms with Crippen LogP contribution in [0, 0.1) is 5.82 Å². The summed E-state index contributed by atoms with van der Waals surface area (Å²) in [7, 11) is 0. The van der Waals surface area contributed by atoms with E-state index in [2.05, 4.69) is 31.7 Å². The standard InChI is InChI=1S/C18H13FN6S/c1-2-8-25-16(12-4-3-7-20-10-12)23-24-18(25)26-17-14-9-13(19)5-6-15(14)21-11-22-17/h2-7,9-11H,1,8H2. The average molecular weight is 364 g/mol. The van der Waals surface area contributed by atoms with Crippen molar-refractivity contribution >= 4 is 22.7 Å². The third-order valence-electron chi connectivity index (χ3n) is 3.70. The van der Waals surface area contributed by atoms with E-state index < -0.39 is 0 Å². The summed E-state index contributed by atoms with van der Waals surface area (Å²) in [6.07, 6.45) is 6.66. The Hall–Kier alpha value is -3.13. The van der Waals surface area contributed by atoms with Gasteiger partial charge in [0.1, 0.15) is 17.2 Å². The van der Waals surface area contributed by atoms with Gasteiger partial charge in [-0.1, -0.05) is 6.08 Å². The number of fused-ring (bicyclic) bond motifs is 1. The van der Waals surface area contributed by atoms with Crippen LogP contribution in [-0.2, 0) is 6.54 Å². The largest absolute Gasteiger partial charge is 0.298 e. The second-order valence-corrected chi connectivity index (χ2v) is 6.35. The lowest BCUT2D eigenvalue weighted by Crippen LogP contribution is -2.01. The molecule has 0 spiro atoms. The Morgan fingerprint density at radius 1 is 1.19 bits per heavy atom. The number of benzene rings is 1. The maximum Gasteiger partial charge on any atom is 0.198 e. The summed E-state index contributed by atoms with van der Waals surface area (Å²) in [6.45, 7) is 4.33. The van der Waals surface area contributed by atoms with Crippen LogP contribution < -0.4 is 0 Å². The predicted octanol–water partition coefficient (Wildman–Crippen LogP) is 3.76. The molecule has 0 aliphatic carbocycles. The van der Waals surface area contributed by atoms with E-state index in [4.69, 9.17) is 0 Å². The van der Waals surface area contributed by atoms with Crippen molar-refractivity contribution < 1.29 is 4.39 Å². The monoisotopic (exact) mass is 364 g/mol. The van der Waals surface area contributed by atoms with Gasteiger partial charge in [0.25, 0.3) is 0 Å². The lowest BCUT2D eigenvalue weighted by Gasteiger charge is -2.08. The molecule has 0 amide bonds. The summed E-state index contributed by atoms with van der Waals surface area (Å²) in [5.74, 6) is 0.350. The van der Waals surface area contributed by atoms with Crippen molar-refractivity contribution in [2.45, 2.75) is 16.7 Å². The quantitative estimate of drug-likeness (QED) is 0.397. The van der Waals surface area contributed by atoms with Gasteiger partial charge in [-0.15, -0.1) is 16.8 Å². The fourth-order valence-electron chi connectivity index (χ4n) is 2.54. The summed E-state index contributed by atoms with van der Waals surface area (Å²) in [5, 5.41) is 10.4. The van der Waals surface area contributed by atoms with Crippen LogP contribution in [0.1, 0.15) is 0 Å². The van der Waals surface area contributed by atoms with E-state index in [1.807, 2.05) is 16.7 Å². The van der Waals surface area contributed by atoms with Crippen molar-refractivity contribution in [2.24, 2.45) is 0 Å². The van der Waals surface area contributed by atoms with E-state index >= 15 is 0 Å². The molecule has 1 aromatic carbocycles. The Bertz CT molecular complexity index is 1080. The Balaban J connectivity index is 1.79. The lowest BCUT2D eigenvalue weighted by molar-refractivity contribution is 0.629. The van der Waals surface area contributed by atoms with Gasteiger partial charge in [-0.25, -0.2) is 14.4 Å². The SMILES string of the molecule is C=CCn1c(Sc2ncnc3ccc(F)cc23)nnc1-c1cccnc1. The van der Waals surface area contributed by atoms with Crippen molar-refractivity contribution in [1.82, 2.24) is 29.7 Å². The van der Waals surface area contributed by atoms with Crippen molar-refractivity contribution in [1.29, 1.82) is 0 Å². The molecule has 0 bridgehead atoms. The molecule has 26 heavy (non-hydrogen) atoms. The van der Waals surface area contributed by atoms with Crippen molar-refractivity contribution in [2.75, 3.05) is 0 Å². The molecule has 128 valence electrons. The van der Waals surface area contributed by atoms with Gasteiger partial charge in [0.2, 0.25) is 0 Å². The van der Waals surface area contributed by atoms with Gasteiger partial charge in [0.15, 0.2) is 11.0 Å². The van der Waals surface area contributed by atoms with Gasteiger partial charge < -0.3 is 0 Å². The summed E-state index contributed by atoms with van der Waals surface area (Å²) < 4.78 is 15.6. The molecular weight excluding hydrogens is 351 g/mol. The van der Waals surface area contributed by atoms with E-state index in [0.29, 0.717) is 33.5 Å². The Morgan fingerprint density at radius 2 is 2.12 bits per heavy atom. The van der Waals surface area contributed by atoms with E-state index in [9.17, 15) is 4.39 Å². The topological polar surface area (TPSA) is 69.4 Å². The van der Waals surface area contributed by atoms with Crippen LogP contribution in [0.5, 0.6) is 0 Å². The highest BCUT2D eigenvalue weighted by molar-refractivity contribution is 7.99. The zero-order valence-corrected chi connectivity index (χ0v) is 14.4. The molecule has 0 unspecified atom stereocenters. The number of nitrogens with zero attached hydrogens (tertiary/aromatic N) is 6. The van der Waals surface area contributed by atoms with Crippen molar-refractivity contribution in [3.8, 4) is 11.4 Å². The van der Waals surface area contributed by atoms with Crippen LogP contribution in [0.3, 0.4) is 0 Å². The zero-order chi connectivity index (χ0) is 17.9. The summed E-state index contributed by atoms with van der Waals surface area (Å²) in [6, 6.07) is 8.20. The summed E-state index contributed by atoms with van der Waals surface area (Å²) in [5.41, 5.74) is 1.53. The normalized spacial score (nSPS) is 11.0. The van der Waals surface area contributed by atoms with Crippen LogP contribution in [0.25, 0.3) is 22.3 Å². The number of hydrogen-bond donors (Lipinski definition) is 0. The molecule has 8 heteroatoms. The molecule has 6 nitrogen and oxygen atoms in total. The Morgan fingerprint density at radius 3 is 2.92 bits per heavy atom. The Labute approximate surface area is 152 Å². The molecule has 0 atom stereocenters. The smallest absolute Gasteiger partial charge is 0.198 e. The second kappa shape index (κ2) is 7.01. The first-order chi connectivity index (χ1) is 12.8. The van der Waals surface area contributed by atoms with E-state index in [-0.39, 0.29) is 5.82 Å². The van der Waals surface area contributed by atoms with E-state index in [1.165, 1.54) is 30.2 Å². The predicted molar refractivity (Wildman–Crippen MR) is 97.1 cm³/mol. The van der Waals surface area contributed by atoms with Crippen molar-refractivity contribution in [3.63, 3.8) is 0 Å². The number of allylic oxidation sites excluding steroid dienone is 1. The van der Waals surface area contributed by atoms with Gasteiger partial charge in [0.05, 0.1) is 5.52 Å². The first kappa shape index (κ1) is 16.3. The molecule has 4 aromatic rings. The third-order valence-corrected chi connectivity index (χ3v) is 4.70. The highest BCUT2D eigenvalue weighted by Crippen LogP contribution is 2.32. The molecule has 0 aliphatic heterocycles. The minimum Gasteiger partial charge on any atom is -0.298 e. The van der Waals surface area contributed by atoms with E-state index in [1.54, 1.807) is 24.5 Å². The highest BCUT2D eigenvalue weighted by Gasteiger charge is 2.16. The number of hydrogen-bond acceptors (Lipinski definition) is 6. The van der Waals surface area contributed by atoms with Gasteiger partial charge in [0, 0.05) is 29.9 Å². The first-order valence-electron chi connectivity index (χ1n) is 7.79. The summed E-state index contributed by atoms with van der Waals surface area (Å²) >= 11 is 1.31. The Kier molecular flexibility index (Phi) is 4.40. The second-order valence-electron chi connectivity index (χ2n) is 5.39. The highest BCUT2D eigenvalue weighted by atomic mass is 32.2. The number of pyridine rings is 1. The molecular formula is C18H13FN6S. The molecule has 0 saturated heterocycles. The maximum atomic E-state index is 13.7. The molecule has 3 heterocycles. The fraction of sp³-hybridized carbons (Fsp3) is 0.0556. The molecule has 0 radical (unpaired) electrons. The molecule has 0 saturated carbocycles. The number of halogens is 1. The van der Waals surface area contributed by atoms with Gasteiger partial charge in [-0.2, -0.15) is 0 Å². The summed E-state index contributed by atoms with van der Waals surface area (Å²) in [4.78, 5) is 12.6. The molecule has 3 aromatic heterocycles. The zero-order valence-electron chi connectivity index (χ0n) is 13.6. The van der Waals surface area contributed by atoms with E-state index in [0.717, 1.165) is 5.56 Å². The van der Waals surface area contributed by atoms with Gasteiger partial charge in [-0.3, -0.25) is 9.55 Å². The molecule has 0 aliphatic rings. The minimum atomic E-state index is -0.335. The van der Waals surface area contributed by atoms with Crippen LogP contribution >= 0.6 is 11.8 Å². The third kappa shape index (κ3) is 3.06. The fourth-order valence-corrected chi connectivity index (χ4v) is 3.44. The molecule has 0 fully saturated rings. The maximum absolute atomic E-state index is 13.7. The number of aromatic nitrogens is 6. The average Bonchev–Trinajstić information content (AvgIpc) is 3.06. The minimum absolute atomic E-state index is 0.335. The van der Waals surface area contributed by atoms with Crippen LogP contribution in [0.2, 0.25) is 0 Å². The van der Waals surface area contributed by atoms with Crippen LogP contribution in [0.15, 0.2) is 71.9 Å². The van der Waals surface area contributed by atoms with Gasteiger partial charge >= 0.3 is 0 Å². The molecule has 0 N–H and O–H groups in total. The first-order valence-corrected chi connectivity index (χ1v) is 8.60. The van der Waals surface area contributed by atoms with Crippen molar-refractivity contribution in [3.05, 3.63) is 67.5 Å².